The number of rotatable bonds is 4. The highest BCUT2D eigenvalue weighted by Crippen LogP contribution is 2.22. The largest absolute Gasteiger partial charge is 0.469 e. The maximum Gasteiger partial charge on any atom is 0.191 e. The summed E-state index contributed by atoms with van der Waals surface area (Å²) < 4.78 is 10.5. The van der Waals surface area contributed by atoms with Crippen LogP contribution in [0, 0.1) is 13.8 Å². The van der Waals surface area contributed by atoms with Crippen molar-refractivity contribution in [2.45, 2.75) is 32.4 Å². The Morgan fingerprint density at radius 1 is 1.47 bits per heavy atom. The molecule has 0 aromatic carbocycles. The van der Waals surface area contributed by atoms with E-state index in [1.807, 2.05) is 6.07 Å². The molecule has 0 fully saturated rings. The highest BCUT2D eigenvalue weighted by Gasteiger charge is 2.24. The number of aliphatic hydroxyl groups is 1. The molecule has 0 radical (unpaired) electrons. The van der Waals surface area contributed by atoms with Gasteiger partial charge in [0.05, 0.1) is 12.0 Å². The molecule has 3 N–H and O–H groups in total. The fourth-order valence-electron chi connectivity index (χ4n) is 1.79. The lowest BCUT2D eigenvalue weighted by Crippen LogP contribution is -2.30. The molecule has 2 unspecified atom stereocenters. The van der Waals surface area contributed by atoms with Crippen LogP contribution < -0.4 is 5.73 Å². The number of hydrogen-bond acceptors (Lipinski definition) is 5. The summed E-state index contributed by atoms with van der Waals surface area (Å²) in [6.07, 6.45) is 1.16. The number of hydrogen-bond donors (Lipinski definition) is 2. The topological polar surface area (TPSA) is 85.4 Å². The van der Waals surface area contributed by atoms with E-state index in [4.69, 9.17) is 14.6 Å². The van der Waals surface area contributed by atoms with E-state index in [2.05, 4.69) is 4.98 Å². The van der Waals surface area contributed by atoms with Crippen LogP contribution in [-0.4, -0.2) is 16.1 Å². The molecule has 5 nitrogen and oxygen atoms in total. The third kappa shape index (κ3) is 2.57. The van der Waals surface area contributed by atoms with Crippen molar-refractivity contribution in [3.05, 3.63) is 41.5 Å². The molecular formula is C12H16N2O3. The SMILES string of the molecule is Cc1nc(C)c(C(O)C(N)Cc2ccco2)o1. The van der Waals surface area contributed by atoms with Gasteiger partial charge in [0.15, 0.2) is 11.7 Å². The van der Waals surface area contributed by atoms with Crippen molar-refractivity contribution < 1.29 is 13.9 Å². The van der Waals surface area contributed by atoms with Crippen molar-refractivity contribution in [2.75, 3.05) is 0 Å². The number of aliphatic hydroxyl groups excluding tert-OH is 1. The number of furan rings is 1. The van der Waals surface area contributed by atoms with Crippen LogP contribution in [-0.2, 0) is 6.42 Å². The van der Waals surface area contributed by atoms with Crippen molar-refractivity contribution in [3.8, 4) is 0 Å². The zero-order chi connectivity index (χ0) is 12.4. The maximum atomic E-state index is 10.1. The van der Waals surface area contributed by atoms with Gasteiger partial charge in [-0.05, 0) is 19.1 Å². The molecule has 17 heavy (non-hydrogen) atoms. The van der Waals surface area contributed by atoms with Crippen LogP contribution in [0.4, 0.5) is 0 Å². The molecule has 2 aromatic heterocycles. The highest BCUT2D eigenvalue weighted by molar-refractivity contribution is 5.13. The average Bonchev–Trinajstić information content (AvgIpc) is 2.87. The first kappa shape index (κ1) is 11.9. The van der Waals surface area contributed by atoms with Gasteiger partial charge >= 0.3 is 0 Å². The molecule has 0 aliphatic carbocycles. The Balaban J connectivity index is 2.09. The molecule has 0 aliphatic heterocycles. The van der Waals surface area contributed by atoms with Crippen LogP contribution in [0.15, 0.2) is 27.2 Å². The molecule has 92 valence electrons. The van der Waals surface area contributed by atoms with Crippen molar-refractivity contribution in [3.63, 3.8) is 0 Å². The fraction of sp³-hybridized carbons (Fsp3) is 0.417. The van der Waals surface area contributed by atoms with E-state index >= 15 is 0 Å². The maximum absolute atomic E-state index is 10.1. The Hall–Kier alpha value is -1.59. The number of aryl methyl sites for hydroxylation is 2. The Kier molecular flexibility index (Phi) is 3.31. The lowest BCUT2D eigenvalue weighted by atomic mass is 10.0. The van der Waals surface area contributed by atoms with Crippen molar-refractivity contribution in [1.82, 2.24) is 4.98 Å². The van der Waals surface area contributed by atoms with Gasteiger partial charge in [-0.25, -0.2) is 4.98 Å². The van der Waals surface area contributed by atoms with Crippen LogP contribution >= 0.6 is 0 Å². The van der Waals surface area contributed by atoms with Gasteiger partial charge in [0.1, 0.15) is 11.9 Å². The second kappa shape index (κ2) is 4.73. The Morgan fingerprint density at radius 2 is 2.24 bits per heavy atom. The van der Waals surface area contributed by atoms with Gasteiger partial charge in [0.25, 0.3) is 0 Å². The summed E-state index contributed by atoms with van der Waals surface area (Å²) in [5, 5.41) is 10.1. The molecule has 2 atom stereocenters. The lowest BCUT2D eigenvalue weighted by Gasteiger charge is -2.15. The average molecular weight is 236 g/mol. The van der Waals surface area contributed by atoms with E-state index in [9.17, 15) is 5.11 Å². The summed E-state index contributed by atoms with van der Waals surface area (Å²) in [5.74, 6) is 1.70. The summed E-state index contributed by atoms with van der Waals surface area (Å²) in [6.45, 7) is 3.52. The lowest BCUT2D eigenvalue weighted by molar-refractivity contribution is 0.117. The Morgan fingerprint density at radius 3 is 2.76 bits per heavy atom. The molecular weight excluding hydrogens is 220 g/mol. The highest BCUT2D eigenvalue weighted by atomic mass is 16.4. The van der Waals surface area contributed by atoms with Gasteiger partial charge in [-0.15, -0.1) is 0 Å². The van der Waals surface area contributed by atoms with Gasteiger partial charge < -0.3 is 19.7 Å². The fourth-order valence-corrected chi connectivity index (χ4v) is 1.79. The van der Waals surface area contributed by atoms with Crippen molar-refractivity contribution >= 4 is 0 Å². The second-order valence-corrected chi connectivity index (χ2v) is 4.07. The number of oxazole rings is 1. The van der Waals surface area contributed by atoms with Gasteiger partial charge in [-0.1, -0.05) is 0 Å². The molecule has 2 rings (SSSR count). The van der Waals surface area contributed by atoms with Crippen molar-refractivity contribution in [2.24, 2.45) is 5.73 Å². The smallest absolute Gasteiger partial charge is 0.191 e. The molecule has 0 spiro atoms. The first-order chi connectivity index (χ1) is 8.08. The molecule has 0 aliphatic rings. The van der Waals surface area contributed by atoms with Crippen LogP contribution in [0.3, 0.4) is 0 Å². The molecule has 2 heterocycles. The first-order valence-electron chi connectivity index (χ1n) is 5.48. The van der Waals surface area contributed by atoms with Crippen LogP contribution in [0.2, 0.25) is 0 Å². The van der Waals surface area contributed by atoms with E-state index in [1.54, 1.807) is 26.2 Å². The first-order valence-corrected chi connectivity index (χ1v) is 5.48. The normalized spacial score (nSPS) is 14.8. The second-order valence-electron chi connectivity index (χ2n) is 4.07. The van der Waals surface area contributed by atoms with Crippen LogP contribution in [0.1, 0.15) is 29.2 Å². The molecule has 0 amide bonds. The van der Waals surface area contributed by atoms with Gasteiger partial charge in [-0.2, -0.15) is 0 Å². The van der Waals surface area contributed by atoms with Gasteiger partial charge in [-0.3, -0.25) is 0 Å². The summed E-state index contributed by atoms with van der Waals surface area (Å²) in [4.78, 5) is 4.11. The van der Waals surface area contributed by atoms with Gasteiger partial charge in [0, 0.05) is 19.4 Å². The Labute approximate surface area is 99.3 Å². The third-order valence-electron chi connectivity index (χ3n) is 2.63. The van der Waals surface area contributed by atoms with Crippen molar-refractivity contribution in [1.29, 1.82) is 0 Å². The van der Waals surface area contributed by atoms with Gasteiger partial charge in [0.2, 0.25) is 0 Å². The van der Waals surface area contributed by atoms with Crippen LogP contribution in [0.25, 0.3) is 0 Å². The molecule has 0 bridgehead atoms. The molecule has 5 heteroatoms. The zero-order valence-electron chi connectivity index (χ0n) is 9.88. The predicted molar refractivity (Wildman–Crippen MR) is 61.3 cm³/mol. The number of nitrogens with two attached hydrogens (primary N) is 1. The third-order valence-corrected chi connectivity index (χ3v) is 2.63. The number of nitrogens with zero attached hydrogens (tertiary/aromatic N) is 1. The standard InChI is InChI=1S/C12H16N2O3/c1-7-12(17-8(2)14-7)11(15)10(13)6-9-4-3-5-16-9/h3-5,10-11,15H,6,13H2,1-2H3. The minimum absolute atomic E-state index is 0.432. The Bertz CT molecular complexity index is 476. The quantitative estimate of drug-likeness (QED) is 0.840. The molecule has 0 saturated carbocycles. The summed E-state index contributed by atoms with van der Waals surface area (Å²) in [7, 11) is 0. The van der Waals surface area contributed by atoms with E-state index in [0.717, 1.165) is 5.76 Å². The summed E-state index contributed by atoms with van der Waals surface area (Å²) in [5.41, 5.74) is 6.59. The van der Waals surface area contributed by atoms with Crippen LogP contribution in [0.5, 0.6) is 0 Å². The minimum Gasteiger partial charge on any atom is -0.469 e. The zero-order valence-corrected chi connectivity index (χ0v) is 9.88. The molecule has 0 saturated heterocycles. The summed E-state index contributed by atoms with van der Waals surface area (Å²) >= 11 is 0. The van der Waals surface area contributed by atoms with E-state index < -0.39 is 12.1 Å². The predicted octanol–water partition coefficient (Wildman–Crippen LogP) is 1.49. The van der Waals surface area contributed by atoms with E-state index in [-0.39, 0.29) is 0 Å². The summed E-state index contributed by atoms with van der Waals surface area (Å²) in [6, 6.07) is 3.13. The molecule has 2 aromatic rings. The minimum atomic E-state index is -0.874. The van der Waals surface area contributed by atoms with E-state index in [1.165, 1.54) is 0 Å². The monoisotopic (exact) mass is 236 g/mol. The number of aromatic nitrogens is 1. The van der Waals surface area contributed by atoms with E-state index in [0.29, 0.717) is 23.8 Å².